The third-order valence-electron chi connectivity index (χ3n) is 2.75. The lowest BCUT2D eigenvalue weighted by Crippen LogP contribution is -2.20. The lowest BCUT2D eigenvalue weighted by molar-refractivity contribution is -0.116. The molecule has 2 rings (SSSR count). The van der Waals surface area contributed by atoms with Gasteiger partial charge in [-0.05, 0) is 29.3 Å². The molecule has 0 saturated heterocycles. The van der Waals surface area contributed by atoms with Gasteiger partial charge in [-0.25, -0.2) is 0 Å². The molecule has 0 saturated carbocycles. The Morgan fingerprint density at radius 2 is 1.95 bits per heavy atom. The Bertz CT molecular complexity index is 654. The summed E-state index contributed by atoms with van der Waals surface area (Å²) < 4.78 is 0. The Kier molecular flexibility index (Phi) is 4.69. The van der Waals surface area contributed by atoms with Gasteiger partial charge in [0.2, 0.25) is 5.91 Å². The predicted octanol–water partition coefficient (Wildman–Crippen LogP) is 2.89. The van der Waals surface area contributed by atoms with Gasteiger partial charge in [-0.2, -0.15) is 5.26 Å². The Balaban J connectivity index is 1.91. The monoisotopic (exact) mass is 262 g/mol. The Labute approximate surface area is 118 Å². The van der Waals surface area contributed by atoms with Crippen LogP contribution in [0.15, 0.2) is 60.7 Å². The molecule has 0 bridgehead atoms. The molecule has 0 aromatic heterocycles. The van der Waals surface area contributed by atoms with Gasteiger partial charge in [-0.3, -0.25) is 4.79 Å². The molecule has 0 fully saturated rings. The summed E-state index contributed by atoms with van der Waals surface area (Å²) in [4.78, 5) is 11.7. The molecule has 2 aromatic carbocycles. The van der Waals surface area contributed by atoms with E-state index in [1.165, 1.54) is 6.08 Å². The fraction of sp³-hybridized carbons (Fsp3) is 0.0588. The van der Waals surface area contributed by atoms with Crippen molar-refractivity contribution >= 4 is 12.0 Å². The van der Waals surface area contributed by atoms with Gasteiger partial charge < -0.3 is 5.32 Å². The maximum absolute atomic E-state index is 11.7. The van der Waals surface area contributed by atoms with Crippen LogP contribution in [0.5, 0.6) is 0 Å². The Morgan fingerprint density at radius 3 is 2.70 bits per heavy atom. The molecule has 0 atom stereocenters. The number of nitrogens with one attached hydrogen (secondary N) is 1. The molecule has 0 unspecified atom stereocenters. The van der Waals surface area contributed by atoms with Gasteiger partial charge in [0.25, 0.3) is 0 Å². The van der Waals surface area contributed by atoms with Gasteiger partial charge >= 0.3 is 0 Å². The smallest absolute Gasteiger partial charge is 0.244 e. The molecule has 2 aromatic rings. The van der Waals surface area contributed by atoms with Crippen molar-refractivity contribution in [2.45, 2.75) is 6.54 Å². The van der Waals surface area contributed by atoms with E-state index in [2.05, 4.69) is 11.4 Å². The Hall–Kier alpha value is -2.86. The molecule has 0 spiro atoms. The number of nitriles is 1. The van der Waals surface area contributed by atoms with Crippen LogP contribution >= 0.6 is 0 Å². The molecule has 98 valence electrons. The van der Waals surface area contributed by atoms with Crippen molar-refractivity contribution in [3.05, 3.63) is 77.4 Å². The van der Waals surface area contributed by atoms with Gasteiger partial charge in [0.1, 0.15) is 0 Å². The van der Waals surface area contributed by atoms with Crippen LogP contribution in [0, 0.1) is 11.3 Å². The van der Waals surface area contributed by atoms with Crippen LogP contribution in [0.4, 0.5) is 0 Å². The maximum atomic E-state index is 11.7. The highest BCUT2D eigenvalue weighted by Crippen LogP contribution is 2.06. The summed E-state index contributed by atoms with van der Waals surface area (Å²) in [7, 11) is 0. The average molecular weight is 262 g/mol. The van der Waals surface area contributed by atoms with E-state index in [0.29, 0.717) is 12.1 Å². The first-order valence-electron chi connectivity index (χ1n) is 6.28. The van der Waals surface area contributed by atoms with E-state index in [9.17, 15) is 4.79 Å². The number of rotatable bonds is 4. The summed E-state index contributed by atoms with van der Waals surface area (Å²) in [6.45, 7) is 0.502. The van der Waals surface area contributed by atoms with Gasteiger partial charge in [-0.15, -0.1) is 0 Å². The highest BCUT2D eigenvalue weighted by molar-refractivity contribution is 5.91. The van der Waals surface area contributed by atoms with E-state index >= 15 is 0 Å². The van der Waals surface area contributed by atoms with Crippen molar-refractivity contribution in [2.75, 3.05) is 0 Å². The van der Waals surface area contributed by atoms with Gasteiger partial charge in [0.15, 0.2) is 0 Å². The quantitative estimate of drug-likeness (QED) is 0.861. The van der Waals surface area contributed by atoms with Crippen LogP contribution in [0.25, 0.3) is 6.08 Å². The average Bonchev–Trinajstić information content (AvgIpc) is 2.52. The van der Waals surface area contributed by atoms with E-state index in [0.717, 1.165) is 11.1 Å². The van der Waals surface area contributed by atoms with Crippen LogP contribution in [-0.4, -0.2) is 5.91 Å². The molecule has 1 N–H and O–H groups in total. The van der Waals surface area contributed by atoms with Crippen molar-refractivity contribution in [3.63, 3.8) is 0 Å². The van der Waals surface area contributed by atoms with Gasteiger partial charge in [0, 0.05) is 12.6 Å². The standard InChI is InChI=1S/C17H14N2O/c18-12-16-8-4-7-14(11-16)9-10-17(20)19-13-15-5-2-1-3-6-15/h1-11H,13H2,(H,19,20). The highest BCUT2D eigenvalue weighted by Gasteiger charge is 1.96. The summed E-state index contributed by atoms with van der Waals surface area (Å²) in [6.07, 6.45) is 3.17. The number of carbonyl (C=O) groups excluding carboxylic acids is 1. The van der Waals surface area contributed by atoms with Crippen LogP contribution in [0.1, 0.15) is 16.7 Å². The zero-order chi connectivity index (χ0) is 14.2. The molecular weight excluding hydrogens is 248 g/mol. The molecule has 1 amide bonds. The second-order valence-corrected chi connectivity index (χ2v) is 4.27. The van der Waals surface area contributed by atoms with Crippen LogP contribution in [-0.2, 0) is 11.3 Å². The number of hydrogen-bond donors (Lipinski definition) is 1. The zero-order valence-corrected chi connectivity index (χ0v) is 10.9. The van der Waals surface area contributed by atoms with E-state index in [4.69, 9.17) is 5.26 Å². The first-order chi connectivity index (χ1) is 9.78. The second-order valence-electron chi connectivity index (χ2n) is 4.27. The molecule has 0 aliphatic carbocycles. The highest BCUT2D eigenvalue weighted by atomic mass is 16.1. The third kappa shape index (κ3) is 4.11. The number of carbonyl (C=O) groups is 1. The first kappa shape index (κ1) is 13.6. The minimum Gasteiger partial charge on any atom is -0.348 e. The molecule has 0 radical (unpaired) electrons. The van der Waals surface area contributed by atoms with Crippen LogP contribution < -0.4 is 5.32 Å². The molecule has 0 aliphatic rings. The van der Waals surface area contributed by atoms with Crippen molar-refractivity contribution in [2.24, 2.45) is 0 Å². The fourth-order valence-electron chi connectivity index (χ4n) is 1.73. The molecule has 3 heteroatoms. The number of benzene rings is 2. The molecule has 0 aliphatic heterocycles. The fourth-order valence-corrected chi connectivity index (χ4v) is 1.73. The minimum absolute atomic E-state index is 0.156. The SMILES string of the molecule is N#Cc1cccc(C=CC(=O)NCc2ccccc2)c1. The largest absolute Gasteiger partial charge is 0.348 e. The zero-order valence-electron chi connectivity index (χ0n) is 10.9. The topological polar surface area (TPSA) is 52.9 Å². The molecule has 20 heavy (non-hydrogen) atoms. The first-order valence-corrected chi connectivity index (χ1v) is 6.28. The van der Waals surface area contributed by atoms with Crippen molar-refractivity contribution in [3.8, 4) is 6.07 Å². The second kappa shape index (κ2) is 6.91. The lowest BCUT2D eigenvalue weighted by Gasteiger charge is -2.01. The predicted molar refractivity (Wildman–Crippen MR) is 78.5 cm³/mol. The minimum atomic E-state index is -0.156. The normalized spacial score (nSPS) is 10.2. The molecule has 0 heterocycles. The van der Waals surface area contributed by atoms with Gasteiger partial charge in [-0.1, -0.05) is 42.5 Å². The Morgan fingerprint density at radius 1 is 1.15 bits per heavy atom. The van der Waals surface area contributed by atoms with Crippen LogP contribution in [0.2, 0.25) is 0 Å². The van der Waals surface area contributed by atoms with Crippen molar-refractivity contribution < 1.29 is 4.79 Å². The molecular formula is C17H14N2O. The van der Waals surface area contributed by atoms with Crippen molar-refractivity contribution in [1.82, 2.24) is 5.32 Å². The lowest BCUT2D eigenvalue weighted by atomic mass is 10.1. The molecule has 3 nitrogen and oxygen atoms in total. The summed E-state index contributed by atoms with van der Waals surface area (Å²) >= 11 is 0. The van der Waals surface area contributed by atoms with E-state index in [1.54, 1.807) is 24.3 Å². The summed E-state index contributed by atoms with van der Waals surface area (Å²) in [6, 6.07) is 18.9. The maximum Gasteiger partial charge on any atom is 0.244 e. The van der Waals surface area contributed by atoms with E-state index in [1.807, 2.05) is 36.4 Å². The van der Waals surface area contributed by atoms with Crippen molar-refractivity contribution in [1.29, 1.82) is 5.26 Å². The third-order valence-corrected chi connectivity index (χ3v) is 2.75. The van der Waals surface area contributed by atoms with E-state index in [-0.39, 0.29) is 5.91 Å². The number of amides is 1. The van der Waals surface area contributed by atoms with Crippen LogP contribution in [0.3, 0.4) is 0 Å². The number of hydrogen-bond acceptors (Lipinski definition) is 2. The summed E-state index contributed by atoms with van der Waals surface area (Å²) in [5, 5.41) is 11.6. The summed E-state index contributed by atoms with van der Waals surface area (Å²) in [5.74, 6) is -0.156. The van der Waals surface area contributed by atoms with Gasteiger partial charge in [0.05, 0.1) is 11.6 Å². The van der Waals surface area contributed by atoms with E-state index < -0.39 is 0 Å². The number of nitrogens with zero attached hydrogens (tertiary/aromatic N) is 1. The summed E-state index contributed by atoms with van der Waals surface area (Å²) in [5.41, 5.74) is 2.47.